The second-order valence-electron chi connectivity index (χ2n) is 3.39. The van der Waals surface area contributed by atoms with Gasteiger partial charge in [0.05, 0.1) is 13.5 Å². The highest BCUT2D eigenvalue weighted by molar-refractivity contribution is 7.85. The molecular weight excluding hydrogens is 212 g/mol. The lowest BCUT2D eigenvalue weighted by Crippen LogP contribution is -2.23. The molecule has 0 aliphatic carbocycles. The second kappa shape index (κ2) is 6.99. The summed E-state index contributed by atoms with van der Waals surface area (Å²) in [6.07, 6.45) is 9.84. The molecule has 1 aliphatic heterocycles. The molecule has 4 radical (unpaired) electrons. The van der Waals surface area contributed by atoms with Gasteiger partial charge in [-0.2, -0.15) is 0 Å². The van der Waals surface area contributed by atoms with E-state index in [0.29, 0.717) is 0 Å². The van der Waals surface area contributed by atoms with Crippen LogP contribution in [-0.2, 0) is 20.3 Å². The number of ether oxygens (including phenoxy) is 1. The van der Waals surface area contributed by atoms with Gasteiger partial charge in [-0.3, -0.25) is 9.00 Å². The zero-order valence-corrected chi connectivity index (χ0v) is 9.66. The predicted octanol–water partition coefficient (Wildman–Crippen LogP) is 1.28. The van der Waals surface area contributed by atoms with E-state index in [0.717, 1.165) is 25.0 Å². The van der Waals surface area contributed by atoms with Crippen LogP contribution < -0.4 is 0 Å². The van der Waals surface area contributed by atoms with Crippen LogP contribution in [0.5, 0.6) is 0 Å². The maximum atomic E-state index is 11.5. The van der Waals surface area contributed by atoms with E-state index in [-0.39, 0.29) is 11.2 Å². The molecule has 0 saturated carbocycles. The summed E-state index contributed by atoms with van der Waals surface area (Å²) in [7, 11) is 0.609. The van der Waals surface area contributed by atoms with Gasteiger partial charge in [-0.05, 0) is 32.1 Å². The van der Waals surface area contributed by atoms with Crippen molar-refractivity contribution in [2.75, 3.05) is 12.9 Å². The summed E-state index contributed by atoms with van der Waals surface area (Å²) >= 11 is 0. The summed E-state index contributed by atoms with van der Waals surface area (Å²) in [5.74, 6) is 0.430. The molecule has 0 aromatic heterocycles. The molecule has 1 fully saturated rings. The minimum atomic E-state index is -0.731. The molecule has 1 heterocycles. The van der Waals surface area contributed by atoms with Crippen molar-refractivity contribution in [3.8, 4) is 0 Å². The van der Waals surface area contributed by atoms with Crippen molar-refractivity contribution in [3.63, 3.8) is 0 Å². The molecule has 84 valence electrons. The Morgan fingerprint density at radius 1 is 1.40 bits per heavy atom. The standard InChI is InChI=1S/C11H16O3S/c1-14-11(12)8-3-2-6-10-7-4-5-9-15(10)13/h2-3,6,8,10H,4-5,7,9H2,1H3/t10-,15+/m1/s1. The van der Waals surface area contributed by atoms with Crippen LogP contribution in [0.25, 0.3) is 0 Å². The van der Waals surface area contributed by atoms with Crippen molar-refractivity contribution >= 4 is 16.8 Å². The number of rotatable bonds is 5. The second-order valence-corrected chi connectivity index (χ2v) is 5.16. The first-order valence-electron chi connectivity index (χ1n) is 5.04. The van der Waals surface area contributed by atoms with Gasteiger partial charge in [0.1, 0.15) is 0 Å². The zero-order chi connectivity index (χ0) is 11.1. The third-order valence-electron chi connectivity index (χ3n) is 2.29. The van der Waals surface area contributed by atoms with Crippen LogP contribution >= 0.6 is 0 Å². The SMILES string of the molecule is COC(=O)[CH][CH][CH][CH][C@@H]1CCCC[S@@]1=O. The predicted molar refractivity (Wildman–Crippen MR) is 59.9 cm³/mol. The lowest BCUT2D eigenvalue weighted by molar-refractivity contribution is -0.136. The van der Waals surface area contributed by atoms with E-state index in [4.69, 9.17) is 0 Å². The van der Waals surface area contributed by atoms with Crippen LogP contribution in [0.1, 0.15) is 19.3 Å². The van der Waals surface area contributed by atoms with E-state index in [1.807, 2.05) is 6.42 Å². The maximum Gasteiger partial charge on any atom is 0.309 e. The van der Waals surface area contributed by atoms with Crippen molar-refractivity contribution in [3.05, 3.63) is 25.7 Å². The highest BCUT2D eigenvalue weighted by Crippen LogP contribution is 2.19. The molecule has 0 bridgehead atoms. The molecule has 0 aromatic rings. The summed E-state index contributed by atoms with van der Waals surface area (Å²) in [6.45, 7) is 0. The topological polar surface area (TPSA) is 43.4 Å². The van der Waals surface area contributed by atoms with E-state index in [2.05, 4.69) is 4.74 Å². The molecule has 2 atom stereocenters. The van der Waals surface area contributed by atoms with Gasteiger partial charge >= 0.3 is 5.97 Å². The summed E-state index contributed by atoms with van der Waals surface area (Å²) in [5.41, 5.74) is 0. The Hall–Kier alpha value is -0.380. The fraction of sp³-hybridized carbons (Fsp3) is 0.545. The smallest absolute Gasteiger partial charge is 0.309 e. The monoisotopic (exact) mass is 228 g/mol. The lowest BCUT2D eigenvalue weighted by Gasteiger charge is -2.20. The van der Waals surface area contributed by atoms with Gasteiger partial charge in [0, 0.05) is 21.8 Å². The normalized spacial score (nSPS) is 26.2. The molecular formula is C11H16O3S. The molecule has 1 saturated heterocycles. The Morgan fingerprint density at radius 2 is 2.20 bits per heavy atom. The Kier molecular flexibility index (Phi) is 5.91. The van der Waals surface area contributed by atoms with Crippen molar-refractivity contribution < 1.29 is 13.7 Å². The number of esters is 1. The highest BCUT2D eigenvalue weighted by atomic mass is 32.2. The summed E-state index contributed by atoms with van der Waals surface area (Å²) in [6, 6.07) is 0. The first-order chi connectivity index (χ1) is 7.24. The van der Waals surface area contributed by atoms with E-state index >= 15 is 0 Å². The van der Waals surface area contributed by atoms with Gasteiger partial charge in [-0.25, -0.2) is 0 Å². The third-order valence-corrected chi connectivity index (χ3v) is 4.05. The molecule has 15 heavy (non-hydrogen) atoms. The fourth-order valence-electron chi connectivity index (χ4n) is 1.45. The van der Waals surface area contributed by atoms with Crippen molar-refractivity contribution in [2.24, 2.45) is 0 Å². The minimum Gasteiger partial charge on any atom is -0.469 e. The van der Waals surface area contributed by atoms with Crippen molar-refractivity contribution in [1.29, 1.82) is 0 Å². The fourth-order valence-corrected chi connectivity index (χ4v) is 2.93. The number of carbonyl (C=O) groups is 1. The van der Waals surface area contributed by atoms with Gasteiger partial charge < -0.3 is 4.74 Å². The van der Waals surface area contributed by atoms with Gasteiger partial charge in [-0.1, -0.05) is 6.42 Å². The van der Waals surface area contributed by atoms with Crippen molar-refractivity contribution in [1.82, 2.24) is 0 Å². The van der Waals surface area contributed by atoms with Gasteiger partial charge in [0.25, 0.3) is 0 Å². The lowest BCUT2D eigenvalue weighted by atomic mass is 10.1. The molecule has 0 amide bonds. The minimum absolute atomic E-state index is 0.154. The Morgan fingerprint density at radius 3 is 2.87 bits per heavy atom. The van der Waals surface area contributed by atoms with Crippen molar-refractivity contribution in [2.45, 2.75) is 24.5 Å². The molecule has 0 unspecified atom stereocenters. The molecule has 0 aromatic carbocycles. The average molecular weight is 228 g/mol. The molecule has 1 rings (SSSR count). The van der Waals surface area contributed by atoms with Gasteiger partial charge in [-0.15, -0.1) is 0 Å². The third kappa shape index (κ3) is 4.78. The molecule has 0 spiro atoms. The maximum absolute atomic E-state index is 11.5. The number of hydrogen-bond acceptors (Lipinski definition) is 3. The van der Waals surface area contributed by atoms with Crippen LogP contribution in [0.2, 0.25) is 0 Å². The Labute approximate surface area is 94.0 Å². The summed E-state index contributed by atoms with van der Waals surface area (Å²) in [5, 5.41) is 0.154. The van der Waals surface area contributed by atoms with Crippen LogP contribution in [0.3, 0.4) is 0 Å². The van der Waals surface area contributed by atoms with E-state index < -0.39 is 10.8 Å². The van der Waals surface area contributed by atoms with Gasteiger partial charge in [0.15, 0.2) is 0 Å². The molecule has 4 heteroatoms. The van der Waals surface area contributed by atoms with Gasteiger partial charge in [0.2, 0.25) is 0 Å². The number of unbranched alkanes of at least 4 members (excludes halogenated alkanes) is 1. The summed E-state index contributed by atoms with van der Waals surface area (Å²) in [4.78, 5) is 10.7. The number of carbonyl (C=O) groups excluding carboxylic acids is 1. The van der Waals surface area contributed by atoms with E-state index in [1.54, 1.807) is 12.8 Å². The molecule has 0 N–H and O–H groups in total. The largest absolute Gasteiger partial charge is 0.469 e. The van der Waals surface area contributed by atoms with Crippen LogP contribution in [-0.4, -0.2) is 28.3 Å². The quantitative estimate of drug-likeness (QED) is 0.526. The van der Waals surface area contributed by atoms with Crippen LogP contribution in [0.15, 0.2) is 0 Å². The summed E-state index contributed by atoms with van der Waals surface area (Å²) < 4.78 is 16.0. The highest BCUT2D eigenvalue weighted by Gasteiger charge is 2.20. The molecule has 3 nitrogen and oxygen atoms in total. The molecule has 1 aliphatic rings. The Balaban J connectivity index is 2.08. The first kappa shape index (κ1) is 12.7. The van der Waals surface area contributed by atoms with Crippen LogP contribution in [0, 0.1) is 25.7 Å². The van der Waals surface area contributed by atoms with E-state index in [9.17, 15) is 9.00 Å². The zero-order valence-electron chi connectivity index (χ0n) is 8.85. The number of methoxy groups -OCH3 is 1. The van der Waals surface area contributed by atoms with Crippen LogP contribution in [0.4, 0.5) is 0 Å². The Bertz CT molecular complexity index is 228. The number of hydrogen-bond donors (Lipinski definition) is 0. The average Bonchev–Trinajstić information content (AvgIpc) is 2.26. The first-order valence-corrected chi connectivity index (χ1v) is 6.42. The van der Waals surface area contributed by atoms with E-state index in [1.165, 1.54) is 13.5 Å².